The number of nitrogens with zero attached hydrogens (tertiary/aromatic N) is 2. The summed E-state index contributed by atoms with van der Waals surface area (Å²) in [5.74, 6) is 1.22. The molecule has 1 N–H and O–H groups in total. The zero-order valence-corrected chi connectivity index (χ0v) is 23.5. The molecule has 2 aromatic rings. The van der Waals surface area contributed by atoms with Gasteiger partial charge in [-0.2, -0.15) is 0 Å². The molecule has 4 rings (SSSR count). The minimum Gasteiger partial charge on any atom is -0.493 e. The highest BCUT2D eigenvalue weighted by Crippen LogP contribution is 2.27. The van der Waals surface area contributed by atoms with Gasteiger partial charge < -0.3 is 24.6 Å². The van der Waals surface area contributed by atoms with Gasteiger partial charge in [0.1, 0.15) is 11.4 Å². The van der Waals surface area contributed by atoms with Gasteiger partial charge in [0.2, 0.25) is 5.91 Å². The number of hydrogen-bond acceptors (Lipinski definition) is 5. The van der Waals surface area contributed by atoms with Gasteiger partial charge in [-0.05, 0) is 101 Å². The topological polar surface area (TPSA) is 71.1 Å². The number of benzene rings is 2. The maximum atomic E-state index is 13.9. The van der Waals surface area contributed by atoms with Crippen molar-refractivity contribution in [1.29, 1.82) is 0 Å². The van der Waals surface area contributed by atoms with E-state index < -0.39 is 5.67 Å². The monoisotopic (exact) mass is 539 g/mol. The average molecular weight is 540 g/mol. The van der Waals surface area contributed by atoms with E-state index in [0.29, 0.717) is 51.6 Å². The Morgan fingerprint density at radius 1 is 0.923 bits per heavy atom. The predicted molar refractivity (Wildman–Crippen MR) is 152 cm³/mol. The highest BCUT2D eigenvalue weighted by Gasteiger charge is 2.28. The molecule has 2 aromatic carbocycles. The Balaban J connectivity index is 1.20. The second-order valence-electron chi connectivity index (χ2n) is 11.3. The summed E-state index contributed by atoms with van der Waals surface area (Å²) in [7, 11) is 0. The summed E-state index contributed by atoms with van der Waals surface area (Å²) in [6.07, 6.45) is 3.03. The third-order valence-electron chi connectivity index (χ3n) is 7.52. The lowest BCUT2D eigenvalue weighted by Crippen LogP contribution is -2.41. The number of ether oxygens (including phenoxy) is 2. The lowest BCUT2D eigenvalue weighted by molar-refractivity contribution is -0.121. The lowest BCUT2D eigenvalue weighted by Gasteiger charge is -2.34. The van der Waals surface area contributed by atoms with E-state index in [9.17, 15) is 14.0 Å². The first-order valence-electron chi connectivity index (χ1n) is 14.2. The molecule has 0 aromatic heterocycles. The van der Waals surface area contributed by atoms with Gasteiger partial charge in [0.15, 0.2) is 0 Å². The van der Waals surface area contributed by atoms with Crippen LogP contribution in [-0.4, -0.2) is 73.4 Å². The number of halogens is 1. The summed E-state index contributed by atoms with van der Waals surface area (Å²) in [5.41, 5.74) is 1.75. The standard InChI is InChI=1S/C31H42FN3O4/c1-4-38-30(37)35-19-15-26(16-20-35)29(36)33-27-9-5-24(6-10-27)25-7-11-28(12-8-25)39-21-23-13-17-34(18-14-23)22-31(2,3)32/h5-12,23,26H,4,13-22H2,1-3H3,(H,33,36). The fraction of sp³-hybridized carbons (Fsp3) is 0.548. The quantitative estimate of drug-likeness (QED) is 0.423. The highest BCUT2D eigenvalue weighted by atomic mass is 19.1. The van der Waals surface area contributed by atoms with E-state index in [1.807, 2.05) is 48.5 Å². The fourth-order valence-corrected chi connectivity index (χ4v) is 5.33. The number of hydrogen-bond donors (Lipinski definition) is 1. The normalized spacial score (nSPS) is 17.6. The van der Waals surface area contributed by atoms with Gasteiger partial charge in [-0.3, -0.25) is 4.79 Å². The Morgan fingerprint density at radius 3 is 2.08 bits per heavy atom. The van der Waals surface area contributed by atoms with E-state index in [1.54, 1.807) is 25.7 Å². The number of rotatable bonds is 9. The molecule has 39 heavy (non-hydrogen) atoms. The molecule has 0 bridgehead atoms. The number of piperidine rings is 2. The summed E-state index contributed by atoms with van der Waals surface area (Å²) in [5, 5.41) is 3.01. The molecular weight excluding hydrogens is 497 g/mol. The van der Waals surface area contributed by atoms with Crippen molar-refractivity contribution in [3.63, 3.8) is 0 Å². The average Bonchev–Trinajstić information content (AvgIpc) is 2.93. The van der Waals surface area contributed by atoms with Crippen LogP contribution in [0.25, 0.3) is 11.1 Å². The van der Waals surface area contributed by atoms with Gasteiger partial charge in [0.05, 0.1) is 13.2 Å². The number of anilines is 1. The van der Waals surface area contributed by atoms with Crippen LogP contribution in [0.2, 0.25) is 0 Å². The molecule has 7 nitrogen and oxygen atoms in total. The molecule has 8 heteroatoms. The van der Waals surface area contributed by atoms with E-state index >= 15 is 0 Å². The van der Waals surface area contributed by atoms with Crippen LogP contribution in [0.5, 0.6) is 5.75 Å². The van der Waals surface area contributed by atoms with Gasteiger partial charge in [-0.25, -0.2) is 9.18 Å². The van der Waals surface area contributed by atoms with E-state index in [0.717, 1.165) is 48.5 Å². The van der Waals surface area contributed by atoms with Crippen LogP contribution in [0.1, 0.15) is 46.5 Å². The van der Waals surface area contributed by atoms with Gasteiger partial charge in [-0.1, -0.05) is 24.3 Å². The second kappa shape index (κ2) is 13.3. The molecular formula is C31H42FN3O4. The molecule has 0 atom stereocenters. The highest BCUT2D eigenvalue weighted by molar-refractivity contribution is 5.93. The van der Waals surface area contributed by atoms with Crippen molar-refractivity contribution < 1.29 is 23.5 Å². The molecule has 0 aliphatic carbocycles. The first-order chi connectivity index (χ1) is 18.7. The molecule has 2 saturated heterocycles. The molecule has 0 spiro atoms. The SMILES string of the molecule is CCOC(=O)N1CCC(C(=O)Nc2ccc(-c3ccc(OCC4CCN(CC(C)(C)F)CC4)cc3)cc2)CC1. The minimum atomic E-state index is -1.15. The molecule has 2 aliphatic heterocycles. The Hall–Kier alpha value is -3.13. The van der Waals surface area contributed by atoms with Crippen LogP contribution in [0, 0.1) is 11.8 Å². The van der Waals surface area contributed by atoms with Crippen LogP contribution in [0.3, 0.4) is 0 Å². The van der Waals surface area contributed by atoms with Crippen molar-refractivity contribution in [3.8, 4) is 16.9 Å². The summed E-state index contributed by atoms with van der Waals surface area (Å²) < 4.78 is 25.0. The predicted octanol–water partition coefficient (Wildman–Crippen LogP) is 6.00. The van der Waals surface area contributed by atoms with Gasteiger partial charge in [0, 0.05) is 31.2 Å². The van der Waals surface area contributed by atoms with Crippen LogP contribution in [-0.2, 0) is 9.53 Å². The largest absolute Gasteiger partial charge is 0.493 e. The Kier molecular flexibility index (Phi) is 9.83. The molecule has 2 aliphatic rings. The summed E-state index contributed by atoms with van der Waals surface area (Å²) in [4.78, 5) is 28.5. The van der Waals surface area contributed by atoms with Crippen molar-refractivity contribution in [2.24, 2.45) is 11.8 Å². The summed E-state index contributed by atoms with van der Waals surface area (Å²) in [6.45, 7) is 9.52. The molecule has 0 saturated carbocycles. The van der Waals surface area contributed by atoms with Crippen LogP contribution < -0.4 is 10.1 Å². The molecule has 2 amide bonds. The zero-order valence-electron chi connectivity index (χ0n) is 23.5. The Bertz CT molecular complexity index is 1070. The molecule has 2 fully saturated rings. The number of alkyl halides is 1. The van der Waals surface area contributed by atoms with Gasteiger partial charge >= 0.3 is 6.09 Å². The van der Waals surface area contributed by atoms with Crippen LogP contribution in [0.15, 0.2) is 48.5 Å². The van der Waals surface area contributed by atoms with E-state index in [-0.39, 0.29) is 17.9 Å². The van der Waals surface area contributed by atoms with E-state index in [1.165, 1.54) is 0 Å². The first kappa shape index (κ1) is 28.9. The fourth-order valence-electron chi connectivity index (χ4n) is 5.33. The van der Waals surface area contributed by atoms with Crippen molar-refractivity contribution in [2.75, 3.05) is 51.3 Å². The lowest BCUT2D eigenvalue weighted by atomic mass is 9.96. The number of nitrogens with one attached hydrogen (secondary N) is 1. The third-order valence-corrected chi connectivity index (χ3v) is 7.52. The van der Waals surface area contributed by atoms with E-state index in [2.05, 4.69) is 10.2 Å². The molecule has 212 valence electrons. The number of carbonyl (C=O) groups excluding carboxylic acids is 2. The maximum Gasteiger partial charge on any atom is 0.409 e. The smallest absolute Gasteiger partial charge is 0.409 e. The maximum absolute atomic E-state index is 13.9. The van der Waals surface area contributed by atoms with Gasteiger partial charge in [-0.15, -0.1) is 0 Å². The second-order valence-corrected chi connectivity index (χ2v) is 11.3. The minimum absolute atomic E-state index is 0.00955. The van der Waals surface area contributed by atoms with Crippen LogP contribution in [0.4, 0.5) is 14.9 Å². The first-order valence-corrected chi connectivity index (χ1v) is 14.2. The summed E-state index contributed by atoms with van der Waals surface area (Å²) >= 11 is 0. The number of likely N-dealkylation sites (tertiary alicyclic amines) is 2. The number of amides is 2. The van der Waals surface area contributed by atoms with Crippen molar-refractivity contribution in [1.82, 2.24) is 9.80 Å². The van der Waals surface area contributed by atoms with Crippen molar-refractivity contribution in [2.45, 2.75) is 52.1 Å². The molecule has 0 radical (unpaired) electrons. The molecule has 2 heterocycles. The summed E-state index contributed by atoms with van der Waals surface area (Å²) in [6, 6.07) is 15.9. The molecule has 0 unspecified atom stereocenters. The van der Waals surface area contributed by atoms with E-state index in [4.69, 9.17) is 9.47 Å². The zero-order chi connectivity index (χ0) is 27.8. The van der Waals surface area contributed by atoms with Gasteiger partial charge in [0.25, 0.3) is 0 Å². The Morgan fingerprint density at radius 2 is 1.51 bits per heavy atom. The Labute approximate surface area is 231 Å². The van der Waals surface area contributed by atoms with Crippen molar-refractivity contribution in [3.05, 3.63) is 48.5 Å². The van der Waals surface area contributed by atoms with Crippen molar-refractivity contribution >= 4 is 17.7 Å². The van der Waals surface area contributed by atoms with Crippen LogP contribution >= 0.6 is 0 Å². The number of carbonyl (C=O) groups is 2. The third kappa shape index (κ3) is 8.68.